The normalized spacial score (nSPS) is 22.2. The highest BCUT2D eigenvalue weighted by Crippen LogP contribution is 2.34. The first kappa shape index (κ1) is 25.6. The number of benzene rings is 1. The molecule has 31 heavy (non-hydrogen) atoms. The predicted molar refractivity (Wildman–Crippen MR) is 122 cm³/mol. The van der Waals surface area contributed by atoms with E-state index < -0.39 is 12.2 Å². The zero-order valence-electron chi connectivity index (χ0n) is 18.4. The Morgan fingerprint density at radius 2 is 2.06 bits per heavy atom. The minimum absolute atomic E-state index is 0.0825. The van der Waals surface area contributed by atoms with Crippen molar-refractivity contribution in [1.29, 1.82) is 0 Å². The number of carbonyl (C=O) groups excluding carboxylic acids is 2. The fourth-order valence-corrected chi connectivity index (χ4v) is 4.88. The highest BCUT2D eigenvalue weighted by molar-refractivity contribution is 7.99. The summed E-state index contributed by atoms with van der Waals surface area (Å²) in [5.74, 6) is 1.01. The topological polar surface area (TPSA) is 93.1 Å². The Bertz CT molecular complexity index is 735. The van der Waals surface area contributed by atoms with E-state index in [9.17, 15) is 19.8 Å². The van der Waals surface area contributed by atoms with Gasteiger partial charge in [0.15, 0.2) is 0 Å². The molecule has 0 aliphatic heterocycles. The van der Waals surface area contributed by atoms with E-state index in [1.807, 2.05) is 30.3 Å². The Balaban J connectivity index is 1.83. The second kappa shape index (κ2) is 13.7. The van der Waals surface area contributed by atoms with Crippen LogP contribution in [0.5, 0.6) is 0 Å². The first-order chi connectivity index (χ1) is 14.9. The number of ketones is 1. The summed E-state index contributed by atoms with van der Waals surface area (Å²) in [6.45, 7) is 0.526. The fourth-order valence-electron chi connectivity index (χ4n) is 3.90. The average molecular weight is 451 g/mol. The number of carbonyl (C=O) groups is 2. The molecule has 0 unspecified atom stereocenters. The molecule has 7 heteroatoms. The molecule has 6 nitrogen and oxygen atoms in total. The highest BCUT2D eigenvalue weighted by Gasteiger charge is 2.39. The molecule has 1 aliphatic rings. The van der Waals surface area contributed by atoms with Crippen LogP contribution in [0.3, 0.4) is 0 Å². The van der Waals surface area contributed by atoms with Crippen molar-refractivity contribution < 1.29 is 29.3 Å². The lowest BCUT2D eigenvalue weighted by molar-refractivity contribution is -0.140. The van der Waals surface area contributed by atoms with E-state index >= 15 is 0 Å². The molecule has 0 radical (unpaired) electrons. The van der Waals surface area contributed by atoms with Gasteiger partial charge in [-0.1, -0.05) is 36.4 Å². The van der Waals surface area contributed by atoms with Crippen molar-refractivity contribution in [3.8, 4) is 0 Å². The van der Waals surface area contributed by atoms with Crippen molar-refractivity contribution in [3.63, 3.8) is 0 Å². The zero-order valence-corrected chi connectivity index (χ0v) is 19.2. The third-order valence-electron chi connectivity index (χ3n) is 5.51. The molecule has 172 valence electrons. The molecule has 1 saturated carbocycles. The van der Waals surface area contributed by atoms with Crippen molar-refractivity contribution in [2.24, 2.45) is 11.8 Å². The molecule has 0 aromatic heterocycles. The lowest BCUT2D eigenvalue weighted by atomic mass is 9.91. The number of ether oxygens (including phenoxy) is 2. The van der Waals surface area contributed by atoms with Gasteiger partial charge >= 0.3 is 5.97 Å². The van der Waals surface area contributed by atoms with Gasteiger partial charge in [-0.15, -0.1) is 0 Å². The molecule has 1 aliphatic carbocycles. The molecule has 1 aromatic carbocycles. The number of rotatable bonds is 13. The number of aliphatic hydroxyl groups is 2. The van der Waals surface area contributed by atoms with Gasteiger partial charge in [0.25, 0.3) is 0 Å². The van der Waals surface area contributed by atoms with Crippen LogP contribution >= 0.6 is 11.8 Å². The van der Waals surface area contributed by atoms with Crippen molar-refractivity contribution in [3.05, 3.63) is 47.5 Å². The van der Waals surface area contributed by atoms with Crippen LogP contribution in [0.25, 0.3) is 0 Å². The van der Waals surface area contributed by atoms with Gasteiger partial charge in [0.1, 0.15) is 5.78 Å². The second-order valence-electron chi connectivity index (χ2n) is 7.91. The van der Waals surface area contributed by atoms with Crippen LogP contribution in [0.15, 0.2) is 36.4 Å². The van der Waals surface area contributed by atoms with Gasteiger partial charge < -0.3 is 19.7 Å². The van der Waals surface area contributed by atoms with Crippen molar-refractivity contribution >= 4 is 23.5 Å². The number of hydrogen-bond acceptors (Lipinski definition) is 7. The van der Waals surface area contributed by atoms with Crippen molar-refractivity contribution in [2.45, 2.75) is 50.9 Å². The molecular formula is C24H34O6S. The molecular weight excluding hydrogens is 416 g/mol. The van der Waals surface area contributed by atoms with E-state index in [1.165, 1.54) is 7.11 Å². The van der Waals surface area contributed by atoms with Crippen molar-refractivity contribution in [2.75, 3.05) is 25.7 Å². The molecule has 2 N–H and O–H groups in total. The Kier molecular flexibility index (Phi) is 11.3. The molecule has 0 saturated heterocycles. The van der Waals surface area contributed by atoms with Gasteiger partial charge in [-0.3, -0.25) is 9.59 Å². The van der Waals surface area contributed by atoms with Crippen LogP contribution in [0.4, 0.5) is 0 Å². The van der Waals surface area contributed by atoms with Crippen LogP contribution in [-0.4, -0.2) is 59.9 Å². The quantitative estimate of drug-likeness (QED) is 0.271. The molecule has 2 rings (SSSR count). The number of esters is 1. The van der Waals surface area contributed by atoms with Crippen LogP contribution in [0.2, 0.25) is 0 Å². The van der Waals surface area contributed by atoms with E-state index in [-0.39, 0.29) is 30.0 Å². The summed E-state index contributed by atoms with van der Waals surface area (Å²) in [7, 11) is 3.03. The lowest BCUT2D eigenvalue weighted by Crippen LogP contribution is -2.20. The summed E-state index contributed by atoms with van der Waals surface area (Å²) in [5.41, 5.74) is 2.06. The van der Waals surface area contributed by atoms with E-state index in [4.69, 9.17) is 4.74 Å². The summed E-state index contributed by atoms with van der Waals surface area (Å²) in [4.78, 5) is 23.5. The van der Waals surface area contributed by atoms with Crippen LogP contribution in [0, 0.1) is 11.8 Å². The van der Waals surface area contributed by atoms with Gasteiger partial charge in [0, 0.05) is 38.2 Å². The second-order valence-corrected chi connectivity index (χ2v) is 9.14. The van der Waals surface area contributed by atoms with Gasteiger partial charge in [-0.25, -0.2) is 0 Å². The third-order valence-corrected chi connectivity index (χ3v) is 6.61. The molecule has 0 amide bonds. The monoisotopic (exact) mass is 450 g/mol. The first-order valence-corrected chi connectivity index (χ1v) is 11.9. The number of hydrogen-bond donors (Lipinski definition) is 2. The first-order valence-electron chi connectivity index (χ1n) is 10.7. The minimum Gasteiger partial charge on any atom is -0.469 e. The molecule has 0 bridgehead atoms. The third kappa shape index (κ3) is 8.77. The molecule has 1 aromatic rings. The van der Waals surface area contributed by atoms with E-state index in [0.717, 1.165) is 29.1 Å². The molecule has 0 spiro atoms. The highest BCUT2D eigenvalue weighted by atomic mass is 32.2. The Hall–Kier alpha value is -1.67. The maximum absolute atomic E-state index is 12.3. The summed E-state index contributed by atoms with van der Waals surface area (Å²) in [6, 6.07) is 7.89. The maximum Gasteiger partial charge on any atom is 0.305 e. The van der Waals surface area contributed by atoms with Gasteiger partial charge in [-0.05, 0) is 35.5 Å². The zero-order chi connectivity index (χ0) is 22.6. The standard InChI is InChI=1S/C24H34O6S/c1-29-16-18-6-3-5-17(13-18)14-19(25)8-9-20-21(23(27)15-22(20)26)10-12-31-11-4-7-24(28)30-2/h3,5-6,8-9,13,19-22,25-26H,4,7,10-12,14-16H2,1-2H3/b9-8+/t19-,20-,21-,22-/m1/s1. The predicted octanol–water partition coefficient (Wildman–Crippen LogP) is 2.94. The Morgan fingerprint density at radius 1 is 1.29 bits per heavy atom. The minimum atomic E-state index is -0.699. The van der Waals surface area contributed by atoms with Gasteiger partial charge in [0.2, 0.25) is 0 Å². The number of aliphatic hydroxyl groups excluding tert-OH is 2. The molecule has 1 fully saturated rings. The van der Waals surface area contributed by atoms with Crippen LogP contribution < -0.4 is 0 Å². The van der Waals surface area contributed by atoms with E-state index in [0.29, 0.717) is 25.9 Å². The van der Waals surface area contributed by atoms with E-state index in [2.05, 4.69) is 4.74 Å². The largest absolute Gasteiger partial charge is 0.469 e. The number of Topliss-reactive ketones (excluding diaryl/α,β-unsaturated/α-hetero) is 1. The molecule has 0 heterocycles. The van der Waals surface area contributed by atoms with Crippen LogP contribution in [0.1, 0.15) is 36.8 Å². The van der Waals surface area contributed by atoms with Gasteiger partial charge in [-0.2, -0.15) is 11.8 Å². The summed E-state index contributed by atoms with van der Waals surface area (Å²) >= 11 is 1.70. The maximum atomic E-state index is 12.3. The van der Waals surface area contributed by atoms with Crippen LogP contribution in [-0.2, 0) is 32.1 Å². The summed E-state index contributed by atoms with van der Waals surface area (Å²) in [5, 5.41) is 20.8. The number of methoxy groups -OCH3 is 2. The lowest BCUT2D eigenvalue weighted by Gasteiger charge is -2.18. The summed E-state index contributed by atoms with van der Waals surface area (Å²) < 4.78 is 9.77. The summed E-state index contributed by atoms with van der Waals surface area (Å²) in [6.07, 6.45) is 4.60. The average Bonchev–Trinajstić information content (AvgIpc) is 3.01. The number of thioether (sulfide) groups is 1. The van der Waals surface area contributed by atoms with Gasteiger partial charge in [0.05, 0.1) is 25.9 Å². The van der Waals surface area contributed by atoms with E-state index in [1.54, 1.807) is 24.9 Å². The fraction of sp³-hybridized carbons (Fsp3) is 0.583. The van der Waals surface area contributed by atoms with Crippen molar-refractivity contribution in [1.82, 2.24) is 0 Å². The SMILES string of the molecule is COCc1cccc(C[C@H](O)/C=C/[C@H]2[C@H](O)CC(=O)[C@@H]2CCSCCCC(=O)OC)c1. The smallest absolute Gasteiger partial charge is 0.305 e. The Labute approximate surface area is 189 Å². The molecule has 4 atom stereocenters. The Morgan fingerprint density at radius 3 is 2.81 bits per heavy atom.